The third kappa shape index (κ3) is 3.70. The summed E-state index contributed by atoms with van der Waals surface area (Å²) in [6, 6.07) is 2.76. The maximum Gasteiger partial charge on any atom is 0.131 e. The number of aromatic nitrogens is 1. The minimum Gasteiger partial charge on any atom is -0.357 e. The van der Waals surface area contributed by atoms with E-state index >= 15 is 0 Å². The van der Waals surface area contributed by atoms with Gasteiger partial charge in [-0.15, -0.1) is 0 Å². The number of hydrogen-bond acceptors (Lipinski definition) is 3. The molecule has 0 bridgehead atoms. The van der Waals surface area contributed by atoms with Crippen LogP contribution in [0.4, 0.5) is 5.82 Å². The molecule has 0 saturated carbocycles. The van der Waals surface area contributed by atoms with Crippen LogP contribution in [0, 0.1) is 6.92 Å². The Morgan fingerprint density at radius 3 is 2.71 bits per heavy atom. The Bertz CT molecular complexity index is 349. The first-order valence-electron chi connectivity index (χ1n) is 6.43. The summed E-state index contributed by atoms with van der Waals surface area (Å²) in [4.78, 5) is 6.87. The second-order valence-corrected chi connectivity index (χ2v) is 4.76. The van der Waals surface area contributed by atoms with Gasteiger partial charge in [0.2, 0.25) is 0 Å². The molecule has 1 atom stereocenters. The summed E-state index contributed by atoms with van der Waals surface area (Å²) in [5, 5.41) is 3.15. The van der Waals surface area contributed by atoms with E-state index in [1.165, 1.54) is 24.0 Å². The number of rotatable bonds is 6. The highest BCUT2D eigenvalue weighted by atomic mass is 15.2. The smallest absolute Gasteiger partial charge is 0.131 e. The van der Waals surface area contributed by atoms with Crippen molar-refractivity contribution in [2.45, 2.75) is 46.2 Å². The highest BCUT2D eigenvalue weighted by molar-refractivity contribution is 5.47. The topological polar surface area (TPSA) is 28.2 Å². The third-order valence-corrected chi connectivity index (χ3v) is 3.19. The van der Waals surface area contributed by atoms with Crippen LogP contribution in [-0.2, 0) is 6.54 Å². The van der Waals surface area contributed by atoms with Crippen molar-refractivity contribution < 1.29 is 0 Å². The van der Waals surface area contributed by atoms with E-state index in [0.29, 0.717) is 6.04 Å². The molecule has 0 fully saturated rings. The summed E-state index contributed by atoms with van der Waals surface area (Å²) in [5.41, 5.74) is 2.49. The molecule has 17 heavy (non-hydrogen) atoms. The predicted molar refractivity (Wildman–Crippen MR) is 74.5 cm³/mol. The minimum atomic E-state index is 0.543. The Kier molecular flexibility index (Phi) is 5.42. The number of hydrogen-bond donors (Lipinski definition) is 1. The van der Waals surface area contributed by atoms with Gasteiger partial charge in [0.1, 0.15) is 5.82 Å². The number of pyridine rings is 1. The van der Waals surface area contributed by atoms with E-state index in [1.807, 2.05) is 13.2 Å². The summed E-state index contributed by atoms with van der Waals surface area (Å²) < 4.78 is 0. The van der Waals surface area contributed by atoms with Crippen LogP contribution in [0.2, 0.25) is 0 Å². The average molecular weight is 235 g/mol. The van der Waals surface area contributed by atoms with Crippen molar-refractivity contribution in [3.8, 4) is 0 Å². The lowest BCUT2D eigenvalue weighted by Gasteiger charge is -2.27. The predicted octanol–water partition coefficient (Wildman–Crippen LogP) is 2.73. The lowest BCUT2D eigenvalue weighted by Crippen LogP contribution is -2.30. The third-order valence-electron chi connectivity index (χ3n) is 3.19. The molecule has 96 valence electrons. The van der Waals surface area contributed by atoms with Gasteiger partial charge in [-0.3, -0.25) is 0 Å². The number of nitrogens with zero attached hydrogens (tertiary/aromatic N) is 2. The van der Waals surface area contributed by atoms with E-state index in [9.17, 15) is 0 Å². The van der Waals surface area contributed by atoms with Crippen molar-refractivity contribution in [1.82, 2.24) is 10.3 Å². The molecule has 0 amide bonds. The fourth-order valence-corrected chi connectivity index (χ4v) is 2.12. The van der Waals surface area contributed by atoms with Crippen LogP contribution >= 0.6 is 0 Å². The van der Waals surface area contributed by atoms with E-state index < -0.39 is 0 Å². The maximum absolute atomic E-state index is 4.59. The Balaban J connectivity index is 2.83. The molecule has 1 unspecified atom stereocenters. The maximum atomic E-state index is 4.59. The standard InChI is InChI=1S/C14H25N3/c1-6-7-12(3)17(5)14-11(2)8-13(9-15-4)10-16-14/h8,10,12,15H,6-7,9H2,1-5H3. The zero-order chi connectivity index (χ0) is 12.8. The SMILES string of the molecule is CCCC(C)N(C)c1ncc(CNC)cc1C. The Hall–Kier alpha value is -1.09. The molecule has 0 spiro atoms. The largest absolute Gasteiger partial charge is 0.357 e. The molecule has 0 aliphatic carbocycles. The van der Waals surface area contributed by atoms with Crippen molar-refractivity contribution >= 4 is 5.82 Å². The van der Waals surface area contributed by atoms with E-state index in [0.717, 1.165) is 12.4 Å². The second-order valence-electron chi connectivity index (χ2n) is 4.76. The first kappa shape index (κ1) is 14.0. The van der Waals surface area contributed by atoms with Crippen molar-refractivity contribution in [3.05, 3.63) is 23.4 Å². The molecule has 0 saturated heterocycles. The Morgan fingerprint density at radius 2 is 2.18 bits per heavy atom. The normalized spacial score (nSPS) is 12.5. The molecule has 0 radical (unpaired) electrons. The van der Waals surface area contributed by atoms with Gasteiger partial charge >= 0.3 is 0 Å². The molecule has 1 aromatic heterocycles. The van der Waals surface area contributed by atoms with Crippen molar-refractivity contribution in [2.24, 2.45) is 0 Å². The molecule has 0 aromatic carbocycles. The van der Waals surface area contributed by atoms with Crippen LogP contribution in [0.1, 0.15) is 37.8 Å². The quantitative estimate of drug-likeness (QED) is 0.821. The summed E-state index contributed by atoms with van der Waals surface area (Å²) in [6.45, 7) is 7.49. The van der Waals surface area contributed by atoms with Crippen molar-refractivity contribution in [1.29, 1.82) is 0 Å². The van der Waals surface area contributed by atoms with Gasteiger partial charge < -0.3 is 10.2 Å². The second kappa shape index (κ2) is 6.60. The van der Waals surface area contributed by atoms with Crippen LogP contribution in [0.25, 0.3) is 0 Å². The van der Waals surface area contributed by atoms with Gasteiger partial charge in [0.05, 0.1) is 0 Å². The summed E-state index contributed by atoms with van der Waals surface area (Å²) in [6.07, 6.45) is 4.38. The molecule has 0 aliphatic rings. The van der Waals surface area contributed by atoms with E-state index in [1.54, 1.807) is 0 Å². The summed E-state index contributed by atoms with van der Waals surface area (Å²) in [7, 11) is 4.09. The Labute approximate surface area is 105 Å². The molecule has 1 heterocycles. The van der Waals surface area contributed by atoms with Gasteiger partial charge in [-0.1, -0.05) is 13.3 Å². The fraction of sp³-hybridized carbons (Fsp3) is 0.643. The minimum absolute atomic E-state index is 0.543. The first-order valence-corrected chi connectivity index (χ1v) is 6.43. The van der Waals surface area contributed by atoms with E-state index in [2.05, 4.69) is 49.1 Å². The molecule has 0 aliphatic heterocycles. The van der Waals surface area contributed by atoms with Crippen LogP contribution in [-0.4, -0.2) is 25.1 Å². The van der Waals surface area contributed by atoms with E-state index in [-0.39, 0.29) is 0 Å². The van der Waals surface area contributed by atoms with Crippen LogP contribution in [0.5, 0.6) is 0 Å². The summed E-state index contributed by atoms with van der Waals surface area (Å²) >= 11 is 0. The lowest BCUT2D eigenvalue weighted by molar-refractivity contribution is 0.609. The summed E-state index contributed by atoms with van der Waals surface area (Å²) in [5.74, 6) is 1.10. The zero-order valence-electron chi connectivity index (χ0n) is 11.7. The van der Waals surface area contributed by atoms with Gasteiger partial charge in [-0.25, -0.2) is 4.98 Å². The molecule has 1 N–H and O–H groups in total. The van der Waals surface area contributed by atoms with Crippen molar-refractivity contribution in [2.75, 3.05) is 19.0 Å². The Morgan fingerprint density at radius 1 is 1.47 bits per heavy atom. The lowest BCUT2D eigenvalue weighted by atomic mass is 10.1. The van der Waals surface area contributed by atoms with E-state index in [4.69, 9.17) is 0 Å². The van der Waals surface area contributed by atoms with Gasteiger partial charge in [0.25, 0.3) is 0 Å². The van der Waals surface area contributed by atoms with Gasteiger partial charge in [-0.2, -0.15) is 0 Å². The number of aryl methyl sites for hydroxylation is 1. The molecular formula is C14H25N3. The highest BCUT2D eigenvalue weighted by Gasteiger charge is 2.12. The monoisotopic (exact) mass is 235 g/mol. The zero-order valence-corrected chi connectivity index (χ0v) is 11.7. The van der Waals surface area contributed by atoms with Crippen LogP contribution in [0.15, 0.2) is 12.3 Å². The first-order chi connectivity index (χ1) is 8.10. The number of anilines is 1. The molecule has 1 aromatic rings. The van der Waals surface area contributed by atoms with Gasteiger partial charge in [-0.05, 0) is 44.5 Å². The van der Waals surface area contributed by atoms with Gasteiger partial charge in [0.15, 0.2) is 0 Å². The fourth-order valence-electron chi connectivity index (χ4n) is 2.12. The molecule has 3 heteroatoms. The van der Waals surface area contributed by atoms with Gasteiger partial charge in [0, 0.05) is 25.8 Å². The molecule has 1 rings (SSSR count). The number of nitrogens with one attached hydrogen (secondary N) is 1. The molecular weight excluding hydrogens is 210 g/mol. The highest BCUT2D eigenvalue weighted by Crippen LogP contribution is 2.20. The van der Waals surface area contributed by atoms with Crippen molar-refractivity contribution in [3.63, 3.8) is 0 Å². The average Bonchev–Trinajstić information content (AvgIpc) is 2.29. The molecule has 3 nitrogen and oxygen atoms in total. The van der Waals surface area contributed by atoms with Crippen LogP contribution < -0.4 is 10.2 Å². The van der Waals surface area contributed by atoms with Crippen LogP contribution in [0.3, 0.4) is 0 Å².